The summed E-state index contributed by atoms with van der Waals surface area (Å²) in [6.45, 7) is 0. The van der Waals surface area contributed by atoms with Crippen LogP contribution in [0.3, 0.4) is 0 Å². The number of nitrogen functional groups attached to an aromatic ring is 1. The molecule has 0 aliphatic carbocycles. The van der Waals surface area contributed by atoms with Crippen molar-refractivity contribution in [3.63, 3.8) is 0 Å². The summed E-state index contributed by atoms with van der Waals surface area (Å²) in [5, 5.41) is 9.44. The maximum Gasteiger partial charge on any atom is 0.310 e. The molecule has 0 amide bonds. The molecule has 88 valence electrons. The van der Waals surface area contributed by atoms with E-state index in [-0.39, 0.29) is 11.4 Å². The van der Waals surface area contributed by atoms with Gasteiger partial charge in [-0.3, -0.25) is 4.79 Å². The van der Waals surface area contributed by atoms with Gasteiger partial charge < -0.3 is 15.6 Å². The van der Waals surface area contributed by atoms with E-state index in [9.17, 15) is 18.7 Å². The van der Waals surface area contributed by atoms with Crippen LogP contribution in [0.15, 0.2) is 6.20 Å². The lowest BCUT2D eigenvalue weighted by Crippen LogP contribution is -2.09. The number of esters is 1. The number of carbonyl (C=O) groups excluding carboxylic acids is 1. The van der Waals surface area contributed by atoms with Crippen LogP contribution in [0.5, 0.6) is 5.75 Å². The summed E-state index contributed by atoms with van der Waals surface area (Å²) in [6, 6.07) is 0. The number of halogens is 2. The minimum Gasteiger partial charge on any atom is -0.504 e. The second-order valence-corrected chi connectivity index (χ2v) is 2.98. The summed E-state index contributed by atoms with van der Waals surface area (Å²) in [7, 11) is 1.12. The topological polar surface area (TPSA) is 85.4 Å². The first-order valence-corrected chi connectivity index (χ1v) is 4.28. The third-order valence-corrected chi connectivity index (χ3v) is 2.00. The number of alkyl halides is 2. The third kappa shape index (κ3) is 2.36. The standard InChI is InChI=1S/C9H10F2N2O3/c1-16-6(14)2-4-5(8(10)11)3-13-9(12)7(4)15/h3,8,15H,2H2,1H3,(H2,12,13). The minimum absolute atomic E-state index is 0.255. The average molecular weight is 232 g/mol. The first kappa shape index (κ1) is 12.2. The summed E-state index contributed by atoms with van der Waals surface area (Å²) in [4.78, 5) is 14.4. The molecule has 1 heterocycles. The highest BCUT2D eigenvalue weighted by molar-refractivity contribution is 5.75. The molecule has 1 aromatic rings. The van der Waals surface area contributed by atoms with E-state index < -0.39 is 30.1 Å². The van der Waals surface area contributed by atoms with Gasteiger partial charge in [0.15, 0.2) is 11.6 Å². The van der Waals surface area contributed by atoms with E-state index in [0.717, 1.165) is 13.3 Å². The van der Waals surface area contributed by atoms with Gasteiger partial charge in [0, 0.05) is 17.3 Å². The lowest BCUT2D eigenvalue weighted by Gasteiger charge is -2.10. The first-order chi connectivity index (χ1) is 7.47. The normalized spacial score (nSPS) is 10.5. The van der Waals surface area contributed by atoms with Crippen molar-refractivity contribution in [2.75, 3.05) is 12.8 Å². The zero-order valence-electron chi connectivity index (χ0n) is 8.41. The SMILES string of the molecule is COC(=O)Cc1c(C(F)F)cnc(N)c1O. The fourth-order valence-corrected chi connectivity index (χ4v) is 1.16. The molecule has 1 aromatic heterocycles. The van der Waals surface area contributed by atoms with Crippen molar-refractivity contribution in [3.05, 3.63) is 17.3 Å². The van der Waals surface area contributed by atoms with Gasteiger partial charge in [0.2, 0.25) is 0 Å². The summed E-state index contributed by atoms with van der Waals surface area (Å²) < 4.78 is 29.4. The molecular weight excluding hydrogens is 222 g/mol. The van der Waals surface area contributed by atoms with Crippen LogP contribution < -0.4 is 5.73 Å². The molecule has 0 spiro atoms. The smallest absolute Gasteiger partial charge is 0.310 e. The van der Waals surface area contributed by atoms with Crippen LogP contribution in [0.4, 0.5) is 14.6 Å². The Balaban J connectivity index is 3.20. The number of nitrogens with two attached hydrogens (primary N) is 1. The predicted octanol–water partition coefficient (Wildman–Crippen LogP) is 1.02. The van der Waals surface area contributed by atoms with Crippen molar-refractivity contribution < 1.29 is 23.4 Å². The number of anilines is 1. The van der Waals surface area contributed by atoms with Crippen LogP contribution in [-0.4, -0.2) is 23.2 Å². The van der Waals surface area contributed by atoms with Gasteiger partial charge in [0.25, 0.3) is 6.43 Å². The molecule has 0 radical (unpaired) electrons. The van der Waals surface area contributed by atoms with E-state index >= 15 is 0 Å². The number of pyridine rings is 1. The second-order valence-electron chi connectivity index (χ2n) is 2.98. The van der Waals surface area contributed by atoms with Crippen molar-refractivity contribution in [2.45, 2.75) is 12.8 Å². The van der Waals surface area contributed by atoms with Crippen LogP contribution in [0.1, 0.15) is 17.6 Å². The molecule has 0 aromatic carbocycles. The maximum atomic E-state index is 12.5. The molecule has 0 aliphatic rings. The molecule has 0 fully saturated rings. The molecule has 0 saturated heterocycles. The molecule has 5 nitrogen and oxygen atoms in total. The first-order valence-electron chi connectivity index (χ1n) is 4.28. The largest absolute Gasteiger partial charge is 0.504 e. The second kappa shape index (κ2) is 4.73. The van der Waals surface area contributed by atoms with E-state index in [1.165, 1.54) is 0 Å². The highest BCUT2D eigenvalue weighted by Crippen LogP contribution is 2.32. The lowest BCUT2D eigenvalue weighted by atomic mass is 10.1. The van der Waals surface area contributed by atoms with Crippen molar-refractivity contribution in [3.8, 4) is 5.75 Å². The molecule has 7 heteroatoms. The molecule has 1 rings (SSSR count). The zero-order valence-corrected chi connectivity index (χ0v) is 8.41. The number of ether oxygens (including phenoxy) is 1. The number of aromatic hydroxyl groups is 1. The van der Waals surface area contributed by atoms with E-state index in [2.05, 4.69) is 9.72 Å². The Morgan fingerprint density at radius 1 is 1.69 bits per heavy atom. The van der Waals surface area contributed by atoms with E-state index in [1.54, 1.807) is 0 Å². The van der Waals surface area contributed by atoms with Gasteiger partial charge in [-0.25, -0.2) is 13.8 Å². The molecule has 0 unspecified atom stereocenters. The quantitative estimate of drug-likeness (QED) is 0.760. The zero-order chi connectivity index (χ0) is 12.3. The Hall–Kier alpha value is -1.92. The fourth-order valence-electron chi connectivity index (χ4n) is 1.16. The summed E-state index contributed by atoms with van der Waals surface area (Å²) >= 11 is 0. The summed E-state index contributed by atoms with van der Waals surface area (Å²) in [5.41, 5.74) is 4.46. The molecule has 16 heavy (non-hydrogen) atoms. The van der Waals surface area contributed by atoms with E-state index in [0.29, 0.717) is 0 Å². The van der Waals surface area contributed by atoms with Gasteiger partial charge >= 0.3 is 5.97 Å². The number of nitrogens with zero attached hydrogens (tertiary/aromatic N) is 1. The molecule has 0 aliphatic heterocycles. The Kier molecular flexibility index (Phi) is 3.60. The Labute approximate surface area is 89.9 Å². The number of hydrogen-bond donors (Lipinski definition) is 2. The number of methoxy groups -OCH3 is 1. The summed E-state index contributed by atoms with van der Waals surface area (Å²) in [6.07, 6.45) is -2.49. The number of hydrogen-bond acceptors (Lipinski definition) is 5. The van der Waals surface area contributed by atoms with Crippen LogP contribution in [0.25, 0.3) is 0 Å². The molecular formula is C9H10F2N2O3. The molecule has 0 bridgehead atoms. The Morgan fingerprint density at radius 2 is 2.31 bits per heavy atom. The Morgan fingerprint density at radius 3 is 2.81 bits per heavy atom. The fraction of sp³-hybridized carbons (Fsp3) is 0.333. The average Bonchev–Trinajstić information content (AvgIpc) is 2.24. The van der Waals surface area contributed by atoms with E-state index in [1.807, 2.05) is 0 Å². The van der Waals surface area contributed by atoms with Gasteiger partial charge in [-0.2, -0.15) is 0 Å². The van der Waals surface area contributed by atoms with Crippen molar-refractivity contribution in [1.29, 1.82) is 0 Å². The van der Waals surface area contributed by atoms with Crippen LogP contribution in [-0.2, 0) is 16.0 Å². The lowest BCUT2D eigenvalue weighted by molar-refractivity contribution is -0.139. The van der Waals surface area contributed by atoms with Crippen LogP contribution in [0, 0.1) is 0 Å². The van der Waals surface area contributed by atoms with Crippen molar-refractivity contribution in [1.82, 2.24) is 4.98 Å². The Bertz CT molecular complexity index is 410. The van der Waals surface area contributed by atoms with Gasteiger partial charge in [0.1, 0.15) is 0 Å². The number of rotatable bonds is 3. The van der Waals surface area contributed by atoms with Crippen LogP contribution in [0.2, 0.25) is 0 Å². The third-order valence-electron chi connectivity index (χ3n) is 2.00. The predicted molar refractivity (Wildman–Crippen MR) is 51.0 cm³/mol. The van der Waals surface area contributed by atoms with Gasteiger partial charge in [-0.15, -0.1) is 0 Å². The van der Waals surface area contributed by atoms with E-state index in [4.69, 9.17) is 5.73 Å². The molecule has 0 saturated carbocycles. The van der Waals surface area contributed by atoms with Gasteiger partial charge in [-0.05, 0) is 0 Å². The van der Waals surface area contributed by atoms with Gasteiger partial charge in [0.05, 0.1) is 13.5 Å². The van der Waals surface area contributed by atoms with Gasteiger partial charge in [-0.1, -0.05) is 0 Å². The highest BCUT2D eigenvalue weighted by Gasteiger charge is 2.21. The highest BCUT2D eigenvalue weighted by atomic mass is 19.3. The monoisotopic (exact) mass is 232 g/mol. The summed E-state index contributed by atoms with van der Waals surface area (Å²) in [5.74, 6) is -1.66. The molecule has 3 N–H and O–H groups in total. The number of carbonyl (C=O) groups is 1. The van der Waals surface area contributed by atoms with Crippen molar-refractivity contribution in [2.24, 2.45) is 0 Å². The maximum absolute atomic E-state index is 12.5. The minimum atomic E-state index is -2.85. The van der Waals surface area contributed by atoms with Crippen LogP contribution >= 0.6 is 0 Å². The number of aromatic nitrogens is 1. The molecule has 0 atom stereocenters. The van der Waals surface area contributed by atoms with Crippen molar-refractivity contribution >= 4 is 11.8 Å².